The van der Waals surface area contributed by atoms with Gasteiger partial charge in [-0.2, -0.15) is 0 Å². The third kappa shape index (κ3) is 4.32. The molecule has 1 aliphatic carbocycles. The Hall–Kier alpha value is -3.28. The average molecular weight is 407 g/mol. The van der Waals surface area contributed by atoms with Crippen LogP contribution in [0.25, 0.3) is 0 Å². The van der Waals surface area contributed by atoms with Crippen LogP contribution in [-0.2, 0) is 5.41 Å². The van der Waals surface area contributed by atoms with Gasteiger partial charge < -0.3 is 10.6 Å². The molecule has 0 spiro atoms. The maximum atomic E-state index is 13.5. The summed E-state index contributed by atoms with van der Waals surface area (Å²) in [6, 6.07) is 15.9. The molecule has 6 heteroatoms. The Bertz CT molecular complexity index is 1030. The van der Waals surface area contributed by atoms with Crippen LogP contribution in [0.1, 0.15) is 41.6 Å². The van der Waals surface area contributed by atoms with Crippen molar-refractivity contribution in [3.63, 3.8) is 0 Å². The zero-order chi connectivity index (χ0) is 21.0. The highest BCUT2D eigenvalue weighted by Crippen LogP contribution is 2.40. The first-order chi connectivity index (χ1) is 14.6. The average Bonchev–Trinajstić information content (AvgIpc) is 3.23. The number of halogens is 2. The van der Waals surface area contributed by atoms with E-state index >= 15 is 0 Å². The minimum Gasteiger partial charge on any atom is -0.351 e. The van der Waals surface area contributed by atoms with Crippen molar-refractivity contribution in [2.75, 3.05) is 11.9 Å². The van der Waals surface area contributed by atoms with Crippen molar-refractivity contribution >= 4 is 17.4 Å². The summed E-state index contributed by atoms with van der Waals surface area (Å²) in [6.07, 6.45) is 5.62. The largest absolute Gasteiger partial charge is 0.351 e. The molecule has 1 aliphatic rings. The van der Waals surface area contributed by atoms with Gasteiger partial charge in [-0.05, 0) is 60.9 Å². The van der Waals surface area contributed by atoms with E-state index in [1.54, 1.807) is 30.5 Å². The molecule has 2 N–H and O–H groups in total. The molecule has 4 rings (SSSR count). The smallest absolute Gasteiger partial charge is 0.255 e. The van der Waals surface area contributed by atoms with E-state index in [2.05, 4.69) is 15.6 Å². The molecule has 0 aliphatic heterocycles. The van der Waals surface area contributed by atoms with Crippen molar-refractivity contribution in [1.29, 1.82) is 0 Å². The number of aromatic nitrogens is 1. The summed E-state index contributed by atoms with van der Waals surface area (Å²) in [5, 5.41) is 6.06. The SMILES string of the molecule is O=C(NCC1(c2ccc(F)cc2)CCCC1)c1cccnc1Nc1cccc(F)c1. The molecule has 0 unspecified atom stereocenters. The topological polar surface area (TPSA) is 54.0 Å². The summed E-state index contributed by atoms with van der Waals surface area (Å²) in [4.78, 5) is 17.2. The van der Waals surface area contributed by atoms with Gasteiger partial charge in [0.1, 0.15) is 17.5 Å². The molecule has 30 heavy (non-hydrogen) atoms. The third-order valence-corrected chi connectivity index (χ3v) is 5.74. The first-order valence-electron chi connectivity index (χ1n) is 10.1. The second-order valence-corrected chi connectivity index (χ2v) is 7.71. The molecule has 1 aromatic heterocycles. The molecule has 0 bridgehead atoms. The van der Waals surface area contributed by atoms with Gasteiger partial charge in [0.05, 0.1) is 5.56 Å². The molecule has 1 heterocycles. The van der Waals surface area contributed by atoms with Crippen LogP contribution in [0, 0.1) is 11.6 Å². The predicted molar refractivity (Wildman–Crippen MR) is 113 cm³/mol. The maximum Gasteiger partial charge on any atom is 0.255 e. The van der Waals surface area contributed by atoms with Gasteiger partial charge in [-0.25, -0.2) is 13.8 Å². The normalized spacial score (nSPS) is 15.0. The molecule has 2 aromatic carbocycles. The van der Waals surface area contributed by atoms with E-state index in [1.165, 1.54) is 24.3 Å². The number of hydrogen-bond donors (Lipinski definition) is 2. The molecular weight excluding hydrogens is 384 g/mol. The molecule has 0 atom stereocenters. The van der Waals surface area contributed by atoms with Gasteiger partial charge >= 0.3 is 0 Å². The van der Waals surface area contributed by atoms with Crippen LogP contribution in [0.5, 0.6) is 0 Å². The molecule has 3 aromatic rings. The fourth-order valence-electron chi connectivity index (χ4n) is 4.16. The summed E-state index contributed by atoms with van der Waals surface area (Å²) in [7, 11) is 0. The zero-order valence-corrected chi connectivity index (χ0v) is 16.5. The lowest BCUT2D eigenvalue weighted by atomic mass is 9.78. The van der Waals surface area contributed by atoms with Crippen molar-refractivity contribution in [2.24, 2.45) is 0 Å². The lowest BCUT2D eigenvalue weighted by Crippen LogP contribution is -2.39. The van der Waals surface area contributed by atoms with Gasteiger partial charge in [0.2, 0.25) is 0 Å². The number of amides is 1. The number of benzene rings is 2. The lowest BCUT2D eigenvalue weighted by Gasteiger charge is -2.30. The Morgan fingerprint density at radius 2 is 1.73 bits per heavy atom. The minimum atomic E-state index is -0.371. The van der Waals surface area contributed by atoms with Gasteiger partial charge in [-0.3, -0.25) is 4.79 Å². The first kappa shape index (κ1) is 20.0. The molecular formula is C24H23F2N3O. The highest BCUT2D eigenvalue weighted by molar-refractivity contribution is 5.99. The van der Waals surface area contributed by atoms with Crippen molar-refractivity contribution in [3.05, 3.63) is 89.6 Å². The van der Waals surface area contributed by atoms with E-state index in [9.17, 15) is 13.6 Å². The Kier molecular flexibility index (Phi) is 5.74. The Balaban J connectivity index is 1.52. The zero-order valence-electron chi connectivity index (χ0n) is 16.5. The molecule has 4 nitrogen and oxygen atoms in total. The number of nitrogens with zero attached hydrogens (tertiary/aromatic N) is 1. The number of nitrogens with one attached hydrogen (secondary N) is 2. The first-order valence-corrected chi connectivity index (χ1v) is 10.1. The van der Waals surface area contributed by atoms with E-state index in [0.29, 0.717) is 23.6 Å². The predicted octanol–water partition coefficient (Wildman–Crippen LogP) is 5.35. The summed E-state index contributed by atoms with van der Waals surface area (Å²) >= 11 is 0. The quantitative estimate of drug-likeness (QED) is 0.580. The highest BCUT2D eigenvalue weighted by Gasteiger charge is 2.36. The number of anilines is 2. The van der Waals surface area contributed by atoms with Crippen molar-refractivity contribution in [1.82, 2.24) is 10.3 Å². The van der Waals surface area contributed by atoms with E-state index in [-0.39, 0.29) is 23.0 Å². The number of rotatable bonds is 6. The van der Waals surface area contributed by atoms with Crippen molar-refractivity contribution in [2.45, 2.75) is 31.1 Å². The van der Waals surface area contributed by atoms with E-state index in [1.807, 2.05) is 12.1 Å². The van der Waals surface area contributed by atoms with Crippen LogP contribution in [0.3, 0.4) is 0 Å². The Morgan fingerprint density at radius 3 is 2.47 bits per heavy atom. The Morgan fingerprint density at radius 1 is 0.967 bits per heavy atom. The van der Waals surface area contributed by atoms with E-state index in [4.69, 9.17) is 0 Å². The highest BCUT2D eigenvalue weighted by atomic mass is 19.1. The van der Waals surface area contributed by atoms with Gasteiger partial charge in [-0.15, -0.1) is 0 Å². The van der Waals surface area contributed by atoms with Crippen LogP contribution in [0.2, 0.25) is 0 Å². The van der Waals surface area contributed by atoms with Crippen LogP contribution in [0.4, 0.5) is 20.3 Å². The monoisotopic (exact) mass is 407 g/mol. The number of carbonyl (C=O) groups is 1. The minimum absolute atomic E-state index is 0.193. The van der Waals surface area contributed by atoms with E-state index in [0.717, 1.165) is 31.2 Å². The van der Waals surface area contributed by atoms with Gasteiger partial charge in [-0.1, -0.05) is 31.0 Å². The number of pyridine rings is 1. The molecule has 0 saturated heterocycles. The van der Waals surface area contributed by atoms with Crippen molar-refractivity contribution < 1.29 is 13.6 Å². The fraction of sp³-hybridized carbons (Fsp3) is 0.250. The van der Waals surface area contributed by atoms with Gasteiger partial charge in [0.25, 0.3) is 5.91 Å². The summed E-state index contributed by atoms with van der Waals surface area (Å²) < 4.78 is 26.9. The summed E-state index contributed by atoms with van der Waals surface area (Å²) in [5.41, 5.74) is 1.75. The van der Waals surface area contributed by atoms with Crippen LogP contribution < -0.4 is 10.6 Å². The van der Waals surface area contributed by atoms with Crippen LogP contribution in [0.15, 0.2) is 66.9 Å². The number of hydrogen-bond acceptors (Lipinski definition) is 3. The number of carbonyl (C=O) groups excluding carboxylic acids is 1. The maximum absolute atomic E-state index is 13.5. The fourth-order valence-corrected chi connectivity index (χ4v) is 4.16. The lowest BCUT2D eigenvalue weighted by molar-refractivity contribution is 0.0943. The van der Waals surface area contributed by atoms with Gasteiger partial charge in [0.15, 0.2) is 0 Å². The molecule has 0 radical (unpaired) electrons. The standard InChI is InChI=1S/C24H23F2N3O/c25-18-10-8-17(9-11-18)24(12-1-2-13-24)16-28-23(30)21-7-4-14-27-22(21)29-20-6-3-5-19(26)15-20/h3-11,14-15H,1-2,12-13,16H2,(H,27,29)(H,28,30). The molecule has 154 valence electrons. The van der Waals surface area contributed by atoms with Crippen LogP contribution in [-0.4, -0.2) is 17.4 Å². The summed E-state index contributed by atoms with van der Waals surface area (Å²) in [6.45, 7) is 0.464. The molecule has 1 fully saturated rings. The van der Waals surface area contributed by atoms with Crippen molar-refractivity contribution in [3.8, 4) is 0 Å². The van der Waals surface area contributed by atoms with Gasteiger partial charge in [0, 0.05) is 23.8 Å². The van der Waals surface area contributed by atoms with Crippen LogP contribution >= 0.6 is 0 Å². The summed E-state index contributed by atoms with van der Waals surface area (Å²) in [5.74, 6) is -0.526. The Labute approximate surface area is 174 Å². The third-order valence-electron chi connectivity index (χ3n) is 5.74. The second kappa shape index (κ2) is 8.61. The molecule has 1 saturated carbocycles. The second-order valence-electron chi connectivity index (χ2n) is 7.71. The molecule has 1 amide bonds. The van der Waals surface area contributed by atoms with E-state index < -0.39 is 0 Å².